The second kappa shape index (κ2) is 8.16. The van der Waals surface area contributed by atoms with E-state index in [4.69, 9.17) is 0 Å². The van der Waals surface area contributed by atoms with E-state index in [-0.39, 0.29) is 31.2 Å². The van der Waals surface area contributed by atoms with Crippen LogP contribution in [-0.4, -0.2) is 56.0 Å². The van der Waals surface area contributed by atoms with Crippen molar-refractivity contribution >= 4 is 29.0 Å². The second-order valence-electron chi connectivity index (χ2n) is 8.12. The first-order chi connectivity index (χ1) is 15.1. The summed E-state index contributed by atoms with van der Waals surface area (Å²) in [5.74, 6) is 1.07. The highest BCUT2D eigenvalue weighted by Gasteiger charge is 2.37. The number of para-hydroxylation sites is 1. The molecular formula is C22H26N6O3. The van der Waals surface area contributed by atoms with Gasteiger partial charge in [0.1, 0.15) is 11.9 Å². The Bertz CT molecular complexity index is 1090. The quantitative estimate of drug-likeness (QED) is 0.480. The Morgan fingerprint density at radius 2 is 1.84 bits per heavy atom. The minimum atomic E-state index is -0.601. The molecule has 0 radical (unpaired) electrons. The first kappa shape index (κ1) is 19.8. The number of benzene rings is 1. The van der Waals surface area contributed by atoms with Gasteiger partial charge in [-0.2, -0.15) is 9.50 Å². The van der Waals surface area contributed by atoms with Crippen LogP contribution in [0.5, 0.6) is 0 Å². The van der Waals surface area contributed by atoms with Gasteiger partial charge >= 0.3 is 0 Å². The van der Waals surface area contributed by atoms with Gasteiger partial charge in [-0.3, -0.25) is 4.79 Å². The molecule has 1 saturated carbocycles. The zero-order valence-electron chi connectivity index (χ0n) is 17.1. The van der Waals surface area contributed by atoms with Crippen molar-refractivity contribution in [2.75, 3.05) is 28.7 Å². The van der Waals surface area contributed by atoms with Crippen LogP contribution in [0.3, 0.4) is 0 Å². The lowest BCUT2D eigenvalue weighted by molar-refractivity contribution is -0.118. The van der Waals surface area contributed by atoms with E-state index in [1.165, 1.54) is 0 Å². The van der Waals surface area contributed by atoms with Gasteiger partial charge in [0.2, 0.25) is 5.95 Å². The molecule has 1 aromatic carbocycles. The van der Waals surface area contributed by atoms with Crippen LogP contribution in [0, 0.1) is 0 Å². The van der Waals surface area contributed by atoms with Gasteiger partial charge in [0.15, 0.2) is 5.65 Å². The fourth-order valence-electron chi connectivity index (χ4n) is 4.49. The molecular weight excluding hydrogens is 396 g/mol. The number of aliphatic hydroxyl groups is 2. The number of nitrogens with zero attached hydrogens (tertiary/aromatic N) is 4. The third-order valence-corrected chi connectivity index (χ3v) is 6.06. The van der Waals surface area contributed by atoms with Gasteiger partial charge < -0.3 is 25.7 Å². The number of pyridine rings is 1. The van der Waals surface area contributed by atoms with E-state index >= 15 is 0 Å². The van der Waals surface area contributed by atoms with Gasteiger partial charge in [-0.25, -0.2) is 0 Å². The Morgan fingerprint density at radius 1 is 1.03 bits per heavy atom. The molecule has 0 saturated heterocycles. The van der Waals surface area contributed by atoms with E-state index in [2.05, 4.69) is 20.7 Å². The summed E-state index contributed by atoms with van der Waals surface area (Å²) in [5.41, 5.74) is 2.32. The zero-order chi connectivity index (χ0) is 21.4. The van der Waals surface area contributed by atoms with E-state index in [1.807, 2.05) is 42.5 Å². The molecule has 1 unspecified atom stereocenters. The number of carbonyl (C=O) groups excluding carboxylic acids is 1. The Balaban J connectivity index is 1.40. The Hall–Kier alpha value is -3.17. The minimum Gasteiger partial charge on any atom is -0.395 e. The van der Waals surface area contributed by atoms with Gasteiger partial charge in [-0.05, 0) is 43.9 Å². The van der Waals surface area contributed by atoms with Crippen molar-refractivity contribution in [2.24, 2.45) is 0 Å². The highest BCUT2D eigenvalue weighted by atomic mass is 16.3. The number of hydrogen-bond donors (Lipinski definition) is 4. The SMILES string of the molecule is O=C1C(Nc2nc3cccc(NC4CCC(O)CC4)n3n2)c2ccccc2N1CCO. The number of hydrogen-bond acceptors (Lipinski definition) is 7. The van der Waals surface area contributed by atoms with Gasteiger partial charge in [0.25, 0.3) is 5.91 Å². The average molecular weight is 422 g/mol. The minimum absolute atomic E-state index is 0.105. The molecule has 1 atom stereocenters. The van der Waals surface area contributed by atoms with Gasteiger partial charge in [0.05, 0.1) is 12.7 Å². The molecule has 0 spiro atoms. The summed E-state index contributed by atoms with van der Waals surface area (Å²) < 4.78 is 1.74. The molecule has 1 fully saturated rings. The van der Waals surface area contributed by atoms with Crippen LogP contribution in [0.1, 0.15) is 37.3 Å². The summed E-state index contributed by atoms with van der Waals surface area (Å²) >= 11 is 0. The molecule has 4 N–H and O–H groups in total. The monoisotopic (exact) mass is 422 g/mol. The predicted octanol–water partition coefficient (Wildman–Crippen LogP) is 1.94. The summed E-state index contributed by atoms with van der Waals surface area (Å²) in [6.07, 6.45) is 3.21. The number of aromatic nitrogens is 3. The van der Waals surface area contributed by atoms with Crippen molar-refractivity contribution in [2.45, 2.75) is 43.9 Å². The molecule has 9 heteroatoms. The number of fused-ring (bicyclic) bond motifs is 2. The van der Waals surface area contributed by atoms with E-state index in [0.29, 0.717) is 11.6 Å². The van der Waals surface area contributed by atoms with Gasteiger partial charge in [-0.15, -0.1) is 5.10 Å². The third-order valence-electron chi connectivity index (χ3n) is 6.06. The second-order valence-corrected chi connectivity index (χ2v) is 8.12. The normalized spacial score (nSPS) is 23.2. The number of nitrogens with one attached hydrogen (secondary N) is 2. The highest BCUT2D eigenvalue weighted by molar-refractivity contribution is 6.06. The first-order valence-electron chi connectivity index (χ1n) is 10.7. The van der Waals surface area contributed by atoms with Crippen LogP contribution in [0.4, 0.5) is 17.5 Å². The summed E-state index contributed by atoms with van der Waals surface area (Å²) in [7, 11) is 0. The fraction of sp³-hybridized carbons (Fsp3) is 0.409. The lowest BCUT2D eigenvalue weighted by atomic mass is 9.93. The maximum absolute atomic E-state index is 13.0. The van der Waals surface area contributed by atoms with Crippen molar-refractivity contribution in [3.8, 4) is 0 Å². The lowest BCUT2D eigenvalue weighted by Crippen LogP contribution is -2.33. The molecule has 5 rings (SSSR count). The standard InChI is InChI=1S/C22H26N6O3/c29-13-12-27-17-5-2-1-4-16(17)20(21(27)31)25-22-24-19-7-3-6-18(28(19)26-22)23-14-8-10-15(30)11-9-14/h1-7,14-15,20,23,29-30H,8-13H2,(H,25,26). The van der Waals surface area contributed by atoms with Crippen LogP contribution in [0.15, 0.2) is 42.5 Å². The smallest absolute Gasteiger partial charge is 0.254 e. The predicted molar refractivity (Wildman–Crippen MR) is 117 cm³/mol. The Labute approximate surface area is 179 Å². The molecule has 1 aliphatic heterocycles. The summed E-state index contributed by atoms with van der Waals surface area (Å²) in [4.78, 5) is 19.1. The summed E-state index contributed by atoms with van der Waals surface area (Å²) in [6, 6.07) is 13.0. The molecule has 9 nitrogen and oxygen atoms in total. The van der Waals surface area contributed by atoms with Crippen molar-refractivity contribution in [1.82, 2.24) is 14.6 Å². The number of rotatable bonds is 6. The van der Waals surface area contributed by atoms with Crippen LogP contribution in [-0.2, 0) is 4.79 Å². The molecule has 2 aromatic heterocycles. The number of β-amino-alcohol motifs (C(OH)–C–C–N with tert-alkyl or cyclic N) is 1. The topological polar surface area (TPSA) is 115 Å². The van der Waals surface area contributed by atoms with E-state index < -0.39 is 6.04 Å². The largest absolute Gasteiger partial charge is 0.395 e. The highest BCUT2D eigenvalue weighted by Crippen LogP contribution is 2.37. The van der Waals surface area contributed by atoms with Gasteiger partial charge in [0, 0.05) is 23.8 Å². The van der Waals surface area contributed by atoms with E-state index in [0.717, 1.165) is 42.8 Å². The number of amides is 1. The summed E-state index contributed by atoms with van der Waals surface area (Å²) in [5, 5.41) is 30.4. The molecule has 162 valence electrons. The van der Waals surface area contributed by atoms with Crippen molar-refractivity contribution in [3.05, 3.63) is 48.0 Å². The van der Waals surface area contributed by atoms with E-state index in [1.54, 1.807) is 9.42 Å². The van der Waals surface area contributed by atoms with Crippen molar-refractivity contribution in [1.29, 1.82) is 0 Å². The van der Waals surface area contributed by atoms with Crippen molar-refractivity contribution in [3.63, 3.8) is 0 Å². The van der Waals surface area contributed by atoms with E-state index in [9.17, 15) is 15.0 Å². The zero-order valence-corrected chi connectivity index (χ0v) is 17.1. The average Bonchev–Trinajstić information content (AvgIpc) is 3.31. The molecule has 31 heavy (non-hydrogen) atoms. The number of anilines is 3. The summed E-state index contributed by atoms with van der Waals surface area (Å²) in [6.45, 7) is 0.142. The molecule has 1 amide bonds. The van der Waals surface area contributed by atoms with Crippen molar-refractivity contribution < 1.29 is 15.0 Å². The molecule has 3 aromatic rings. The van der Waals surface area contributed by atoms with Crippen LogP contribution in [0.2, 0.25) is 0 Å². The fourth-order valence-corrected chi connectivity index (χ4v) is 4.49. The Kier molecular flexibility index (Phi) is 5.21. The maximum atomic E-state index is 13.0. The number of aliphatic hydroxyl groups excluding tert-OH is 2. The van der Waals surface area contributed by atoms with Crippen LogP contribution < -0.4 is 15.5 Å². The van der Waals surface area contributed by atoms with Gasteiger partial charge in [-0.1, -0.05) is 24.3 Å². The molecule has 0 bridgehead atoms. The molecule has 3 heterocycles. The maximum Gasteiger partial charge on any atom is 0.254 e. The first-order valence-corrected chi connectivity index (χ1v) is 10.7. The third kappa shape index (κ3) is 3.70. The molecule has 1 aliphatic carbocycles. The van der Waals surface area contributed by atoms with Crippen LogP contribution >= 0.6 is 0 Å². The Morgan fingerprint density at radius 3 is 2.65 bits per heavy atom. The lowest BCUT2D eigenvalue weighted by Gasteiger charge is -2.26. The molecule has 2 aliphatic rings. The number of carbonyl (C=O) groups is 1. The van der Waals surface area contributed by atoms with Crippen LogP contribution in [0.25, 0.3) is 5.65 Å².